The smallest absolute Gasteiger partial charge is 0.347 e. The average Bonchev–Trinajstić information content (AvgIpc) is 2.51. The Morgan fingerprint density at radius 1 is 1.50 bits per heavy atom. The Bertz CT molecular complexity index is 294. The second-order valence-electron chi connectivity index (χ2n) is 2.56. The van der Waals surface area contributed by atoms with E-state index in [0.717, 1.165) is 23.5 Å². The summed E-state index contributed by atoms with van der Waals surface area (Å²) >= 11 is 1.25. The minimum Gasteiger partial charge on any atom is -0.477 e. The van der Waals surface area contributed by atoms with Crippen LogP contribution in [-0.4, -0.2) is 16.1 Å². The molecule has 1 heterocycles. The predicted octanol–water partition coefficient (Wildman–Crippen LogP) is 3.13. The van der Waals surface area contributed by atoms with Crippen LogP contribution in [0.2, 0.25) is 0 Å². The van der Waals surface area contributed by atoms with E-state index in [1.54, 1.807) is 0 Å². The van der Waals surface area contributed by atoms with Crippen LogP contribution in [-0.2, 0) is 6.42 Å². The topological polar surface area (TPSA) is 50.2 Å². The molecule has 0 saturated heterocycles. The van der Waals surface area contributed by atoms with Gasteiger partial charge in [-0.15, -0.1) is 11.3 Å². The third kappa shape index (κ3) is 3.46. The van der Waals surface area contributed by atoms with E-state index in [0.29, 0.717) is 4.88 Å². The van der Waals surface area contributed by atoms with E-state index in [1.807, 2.05) is 27.7 Å². The first-order chi connectivity index (χ1) is 6.65. The molecule has 1 rings (SSSR count). The lowest BCUT2D eigenvalue weighted by molar-refractivity contribution is 0.0700. The van der Waals surface area contributed by atoms with E-state index < -0.39 is 5.97 Å². The van der Waals surface area contributed by atoms with Crippen molar-refractivity contribution in [2.24, 2.45) is 0 Å². The Morgan fingerprint density at radius 2 is 2.07 bits per heavy atom. The monoisotopic (exact) mass is 215 g/mol. The summed E-state index contributed by atoms with van der Waals surface area (Å²) < 4.78 is 0. The molecule has 3 nitrogen and oxygen atoms in total. The predicted molar refractivity (Wildman–Crippen MR) is 59.2 cm³/mol. The number of hydrogen-bond donors (Lipinski definition) is 1. The number of rotatable bonds is 3. The molecule has 0 aliphatic carbocycles. The molecule has 0 radical (unpaired) electrons. The van der Waals surface area contributed by atoms with Gasteiger partial charge in [-0.3, -0.25) is 0 Å². The number of hydrogen-bond acceptors (Lipinski definition) is 3. The van der Waals surface area contributed by atoms with Crippen LogP contribution < -0.4 is 0 Å². The van der Waals surface area contributed by atoms with E-state index in [2.05, 4.69) is 4.98 Å². The molecular weight excluding hydrogens is 198 g/mol. The molecule has 4 heteroatoms. The van der Waals surface area contributed by atoms with Crippen molar-refractivity contribution in [3.05, 3.63) is 15.6 Å². The standard InChI is InChI=1S/C8H11NO2S.C2H6/c1-3-4-6-7(8(10)11)12-5(2)9-6;1-2/h3-4H2,1-2H3,(H,10,11);1-2H3. The highest BCUT2D eigenvalue weighted by atomic mass is 32.1. The number of carbonyl (C=O) groups is 1. The summed E-state index contributed by atoms with van der Waals surface area (Å²) in [5, 5.41) is 9.61. The van der Waals surface area contributed by atoms with Crippen LogP contribution in [0.5, 0.6) is 0 Å². The van der Waals surface area contributed by atoms with Gasteiger partial charge in [-0.1, -0.05) is 27.2 Å². The van der Waals surface area contributed by atoms with Crippen molar-refractivity contribution < 1.29 is 9.90 Å². The largest absolute Gasteiger partial charge is 0.477 e. The molecule has 0 unspecified atom stereocenters. The Labute approximate surface area is 88.8 Å². The minimum absolute atomic E-state index is 0.398. The number of aromatic nitrogens is 1. The zero-order valence-electron chi connectivity index (χ0n) is 9.13. The van der Waals surface area contributed by atoms with Gasteiger partial charge in [-0.25, -0.2) is 9.78 Å². The van der Waals surface area contributed by atoms with Gasteiger partial charge in [0.05, 0.1) is 10.7 Å². The summed E-state index contributed by atoms with van der Waals surface area (Å²) in [4.78, 5) is 15.2. The molecule has 0 aliphatic heterocycles. The van der Waals surface area contributed by atoms with Crippen molar-refractivity contribution in [1.82, 2.24) is 4.98 Å². The first-order valence-electron chi connectivity index (χ1n) is 4.84. The third-order valence-electron chi connectivity index (χ3n) is 1.49. The molecule has 0 aromatic carbocycles. The number of aryl methyl sites for hydroxylation is 2. The van der Waals surface area contributed by atoms with Crippen molar-refractivity contribution in [2.75, 3.05) is 0 Å². The molecule has 1 N–H and O–H groups in total. The van der Waals surface area contributed by atoms with Gasteiger partial charge >= 0.3 is 5.97 Å². The minimum atomic E-state index is -0.857. The summed E-state index contributed by atoms with van der Waals surface area (Å²) in [6, 6.07) is 0. The van der Waals surface area contributed by atoms with Crippen molar-refractivity contribution >= 4 is 17.3 Å². The normalized spacial score (nSPS) is 9.14. The Morgan fingerprint density at radius 3 is 2.50 bits per heavy atom. The summed E-state index contributed by atoms with van der Waals surface area (Å²) in [6.07, 6.45) is 1.69. The Kier molecular flexibility index (Phi) is 6.12. The van der Waals surface area contributed by atoms with Gasteiger partial charge in [0.25, 0.3) is 0 Å². The van der Waals surface area contributed by atoms with E-state index >= 15 is 0 Å². The van der Waals surface area contributed by atoms with Gasteiger partial charge in [-0.2, -0.15) is 0 Å². The molecule has 0 atom stereocenters. The highest BCUT2D eigenvalue weighted by molar-refractivity contribution is 7.13. The van der Waals surface area contributed by atoms with Gasteiger partial charge in [0.1, 0.15) is 4.88 Å². The van der Waals surface area contributed by atoms with Gasteiger partial charge in [0.15, 0.2) is 0 Å². The zero-order chi connectivity index (χ0) is 11.1. The molecule has 14 heavy (non-hydrogen) atoms. The molecule has 1 aromatic rings. The van der Waals surface area contributed by atoms with Crippen molar-refractivity contribution in [3.8, 4) is 0 Å². The average molecular weight is 215 g/mol. The number of nitrogens with zero attached hydrogens (tertiary/aromatic N) is 1. The maximum absolute atomic E-state index is 10.7. The molecule has 1 aromatic heterocycles. The lowest BCUT2D eigenvalue weighted by atomic mass is 10.2. The van der Waals surface area contributed by atoms with E-state index in [-0.39, 0.29) is 0 Å². The zero-order valence-corrected chi connectivity index (χ0v) is 9.94. The lowest BCUT2D eigenvalue weighted by Gasteiger charge is -1.92. The molecule has 0 aliphatic rings. The third-order valence-corrected chi connectivity index (χ3v) is 2.49. The molecule has 80 valence electrons. The van der Waals surface area contributed by atoms with E-state index in [4.69, 9.17) is 5.11 Å². The van der Waals surface area contributed by atoms with Crippen LogP contribution in [0.25, 0.3) is 0 Å². The lowest BCUT2D eigenvalue weighted by Crippen LogP contribution is -1.98. The molecule has 0 spiro atoms. The number of carboxylic acids is 1. The molecule has 0 fully saturated rings. The maximum Gasteiger partial charge on any atom is 0.347 e. The van der Waals surface area contributed by atoms with Crippen LogP contribution in [0.3, 0.4) is 0 Å². The second-order valence-corrected chi connectivity index (χ2v) is 3.77. The fourth-order valence-corrected chi connectivity index (χ4v) is 1.85. The van der Waals surface area contributed by atoms with E-state index in [1.165, 1.54) is 11.3 Å². The number of thiazole rings is 1. The fraction of sp³-hybridized carbons (Fsp3) is 0.600. The summed E-state index contributed by atoms with van der Waals surface area (Å²) in [5.41, 5.74) is 0.729. The second kappa shape index (κ2) is 6.54. The van der Waals surface area contributed by atoms with Crippen molar-refractivity contribution in [1.29, 1.82) is 0 Å². The van der Waals surface area contributed by atoms with Crippen LogP contribution in [0.15, 0.2) is 0 Å². The maximum atomic E-state index is 10.7. The van der Waals surface area contributed by atoms with Gasteiger partial charge in [-0.05, 0) is 13.3 Å². The summed E-state index contributed by atoms with van der Waals surface area (Å²) in [6.45, 7) is 7.84. The Balaban J connectivity index is 0.000000791. The van der Waals surface area contributed by atoms with Gasteiger partial charge < -0.3 is 5.11 Å². The SMILES string of the molecule is CC.CCCc1nc(C)sc1C(=O)O. The molecular formula is C10H17NO2S. The summed E-state index contributed by atoms with van der Waals surface area (Å²) in [5.74, 6) is -0.857. The van der Waals surface area contributed by atoms with Crippen LogP contribution in [0.4, 0.5) is 0 Å². The summed E-state index contributed by atoms with van der Waals surface area (Å²) in [7, 11) is 0. The van der Waals surface area contributed by atoms with Crippen molar-refractivity contribution in [3.63, 3.8) is 0 Å². The van der Waals surface area contributed by atoms with Crippen molar-refractivity contribution in [2.45, 2.75) is 40.5 Å². The molecule has 0 bridgehead atoms. The quantitative estimate of drug-likeness (QED) is 0.842. The number of aromatic carboxylic acids is 1. The number of carboxylic acid groups (broad SMARTS) is 1. The van der Waals surface area contributed by atoms with Gasteiger partial charge in [0, 0.05) is 0 Å². The Hall–Kier alpha value is -0.900. The fourth-order valence-electron chi connectivity index (χ4n) is 1.04. The van der Waals surface area contributed by atoms with Gasteiger partial charge in [0.2, 0.25) is 0 Å². The van der Waals surface area contributed by atoms with Crippen LogP contribution >= 0.6 is 11.3 Å². The molecule has 0 saturated carbocycles. The first-order valence-corrected chi connectivity index (χ1v) is 5.66. The molecule has 0 amide bonds. The van der Waals surface area contributed by atoms with Crippen LogP contribution in [0.1, 0.15) is 47.6 Å². The van der Waals surface area contributed by atoms with E-state index in [9.17, 15) is 4.79 Å². The first kappa shape index (κ1) is 13.1. The highest BCUT2D eigenvalue weighted by Gasteiger charge is 2.14. The highest BCUT2D eigenvalue weighted by Crippen LogP contribution is 2.18. The van der Waals surface area contributed by atoms with Crippen LogP contribution in [0, 0.1) is 6.92 Å².